The zero-order valence-electron chi connectivity index (χ0n) is 13.0. The van der Waals surface area contributed by atoms with E-state index in [1.165, 1.54) is 24.4 Å². The molecule has 0 bridgehead atoms. The zero-order chi connectivity index (χ0) is 16.3. The van der Waals surface area contributed by atoms with Gasteiger partial charge in [-0.25, -0.2) is 9.37 Å². The molecule has 2 aromatic rings. The molecule has 0 atom stereocenters. The van der Waals surface area contributed by atoms with E-state index in [4.69, 9.17) is 0 Å². The Kier molecular flexibility index (Phi) is 4.55. The van der Waals surface area contributed by atoms with Crippen molar-refractivity contribution in [2.75, 3.05) is 43.3 Å². The van der Waals surface area contributed by atoms with Gasteiger partial charge < -0.3 is 15.1 Å². The normalized spacial score (nSPS) is 10.2. The molecule has 0 aliphatic rings. The van der Waals surface area contributed by atoms with Crippen molar-refractivity contribution in [1.82, 2.24) is 9.97 Å². The standard InChI is InChI=1S/C15H18FN5O/c1-20(2)13-12(9-17-15(19-13)21(3)4)18-14(22)10-7-5-6-8-11(10)16/h5-9H,1-4H3,(H,18,22). The van der Waals surface area contributed by atoms with Crippen LogP contribution >= 0.6 is 0 Å². The van der Waals surface area contributed by atoms with Crippen LogP contribution in [0.1, 0.15) is 10.4 Å². The average molecular weight is 303 g/mol. The topological polar surface area (TPSA) is 61.4 Å². The van der Waals surface area contributed by atoms with Gasteiger partial charge in [-0.1, -0.05) is 12.1 Å². The molecular formula is C15H18FN5O. The molecule has 0 saturated carbocycles. The lowest BCUT2D eigenvalue weighted by Gasteiger charge is -2.19. The first-order chi connectivity index (χ1) is 10.4. The molecule has 1 aromatic carbocycles. The van der Waals surface area contributed by atoms with Gasteiger partial charge in [0, 0.05) is 28.2 Å². The maximum atomic E-state index is 13.7. The third-order valence-corrected chi connectivity index (χ3v) is 2.95. The fourth-order valence-electron chi connectivity index (χ4n) is 1.84. The van der Waals surface area contributed by atoms with Crippen LogP contribution in [-0.2, 0) is 0 Å². The predicted octanol–water partition coefficient (Wildman–Crippen LogP) is 2.00. The van der Waals surface area contributed by atoms with Gasteiger partial charge in [0.1, 0.15) is 11.5 Å². The van der Waals surface area contributed by atoms with Crippen molar-refractivity contribution < 1.29 is 9.18 Å². The Morgan fingerprint density at radius 1 is 1.14 bits per heavy atom. The van der Waals surface area contributed by atoms with Crippen molar-refractivity contribution in [3.8, 4) is 0 Å². The van der Waals surface area contributed by atoms with Gasteiger partial charge in [0.05, 0.1) is 11.8 Å². The van der Waals surface area contributed by atoms with E-state index in [2.05, 4.69) is 15.3 Å². The first kappa shape index (κ1) is 15.7. The van der Waals surface area contributed by atoms with Gasteiger partial charge in [-0.15, -0.1) is 0 Å². The third-order valence-electron chi connectivity index (χ3n) is 2.95. The van der Waals surface area contributed by atoms with Crippen LogP contribution in [0.15, 0.2) is 30.5 Å². The molecule has 1 heterocycles. The molecule has 116 valence electrons. The van der Waals surface area contributed by atoms with E-state index < -0.39 is 11.7 Å². The lowest BCUT2D eigenvalue weighted by molar-refractivity contribution is 0.102. The van der Waals surface area contributed by atoms with Gasteiger partial charge in [0.15, 0.2) is 5.82 Å². The first-order valence-electron chi connectivity index (χ1n) is 6.67. The minimum absolute atomic E-state index is 0.0242. The Morgan fingerprint density at radius 2 is 1.82 bits per heavy atom. The number of nitrogens with zero attached hydrogens (tertiary/aromatic N) is 4. The number of carbonyl (C=O) groups excluding carboxylic acids is 1. The van der Waals surface area contributed by atoms with Gasteiger partial charge in [-0.05, 0) is 12.1 Å². The number of amides is 1. The van der Waals surface area contributed by atoms with Crippen LogP contribution in [0, 0.1) is 5.82 Å². The average Bonchev–Trinajstić information content (AvgIpc) is 2.47. The largest absolute Gasteiger partial charge is 0.361 e. The van der Waals surface area contributed by atoms with Crippen molar-refractivity contribution in [3.63, 3.8) is 0 Å². The summed E-state index contributed by atoms with van der Waals surface area (Å²) in [6.45, 7) is 0. The maximum absolute atomic E-state index is 13.7. The molecule has 0 unspecified atom stereocenters. The summed E-state index contributed by atoms with van der Waals surface area (Å²) in [7, 11) is 7.26. The summed E-state index contributed by atoms with van der Waals surface area (Å²) >= 11 is 0. The monoisotopic (exact) mass is 303 g/mol. The van der Waals surface area contributed by atoms with Crippen LogP contribution in [0.5, 0.6) is 0 Å². The van der Waals surface area contributed by atoms with E-state index in [1.807, 2.05) is 14.1 Å². The minimum atomic E-state index is -0.572. The van der Waals surface area contributed by atoms with Crippen molar-refractivity contribution in [3.05, 3.63) is 41.8 Å². The number of rotatable bonds is 4. The van der Waals surface area contributed by atoms with Crippen LogP contribution in [-0.4, -0.2) is 44.1 Å². The number of hydrogen-bond donors (Lipinski definition) is 1. The molecule has 0 saturated heterocycles. The van der Waals surface area contributed by atoms with Crippen LogP contribution in [0.3, 0.4) is 0 Å². The number of benzene rings is 1. The second-order valence-corrected chi connectivity index (χ2v) is 5.13. The van der Waals surface area contributed by atoms with Gasteiger partial charge in [0.25, 0.3) is 5.91 Å². The van der Waals surface area contributed by atoms with Gasteiger partial charge in [0.2, 0.25) is 5.95 Å². The molecule has 22 heavy (non-hydrogen) atoms. The number of halogens is 1. The Labute approximate surface area is 128 Å². The van der Waals surface area contributed by atoms with Gasteiger partial charge >= 0.3 is 0 Å². The summed E-state index contributed by atoms with van der Waals surface area (Å²) < 4.78 is 13.7. The molecule has 0 aliphatic carbocycles. The summed E-state index contributed by atoms with van der Waals surface area (Å²) in [6, 6.07) is 5.81. The number of anilines is 3. The molecular weight excluding hydrogens is 285 g/mol. The highest BCUT2D eigenvalue weighted by Crippen LogP contribution is 2.23. The van der Waals surface area contributed by atoms with Crippen LogP contribution < -0.4 is 15.1 Å². The maximum Gasteiger partial charge on any atom is 0.258 e. The highest BCUT2D eigenvalue weighted by molar-refractivity contribution is 6.05. The minimum Gasteiger partial charge on any atom is -0.361 e. The third kappa shape index (κ3) is 3.30. The Morgan fingerprint density at radius 3 is 2.41 bits per heavy atom. The smallest absolute Gasteiger partial charge is 0.258 e. The summed E-state index contributed by atoms with van der Waals surface area (Å²) in [5, 5.41) is 2.65. The zero-order valence-corrected chi connectivity index (χ0v) is 13.0. The second kappa shape index (κ2) is 6.38. The SMILES string of the molecule is CN(C)c1ncc(NC(=O)c2ccccc2F)c(N(C)C)n1. The number of aromatic nitrogens is 2. The van der Waals surface area contributed by atoms with E-state index in [0.29, 0.717) is 17.5 Å². The Bertz CT molecular complexity index is 687. The van der Waals surface area contributed by atoms with Crippen molar-refractivity contribution in [2.24, 2.45) is 0 Å². The van der Waals surface area contributed by atoms with Crippen LogP contribution in [0.4, 0.5) is 21.8 Å². The Hall–Kier alpha value is -2.70. The first-order valence-corrected chi connectivity index (χ1v) is 6.67. The molecule has 7 heteroatoms. The summed E-state index contributed by atoms with van der Waals surface area (Å²) in [5.74, 6) is -0.0457. The predicted molar refractivity (Wildman–Crippen MR) is 85.0 cm³/mol. The molecule has 0 spiro atoms. The quantitative estimate of drug-likeness (QED) is 0.936. The van der Waals surface area contributed by atoms with Crippen molar-refractivity contribution in [1.29, 1.82) is 0 Å². The lowest BCUT2D eigenvalue weighted by Crippen LogP contribution is -2.21. The molecule has 0 fully saturated rings. The highest BCUT2D eigenvalue weighted by Gasteiger charge is 2.16. The molecule has 1 N–H and O–H groups in total. The van der Waals surface area contributed by atoms with E-state index in [9.17, 15) is 9.18 Å². The summed E-state index contributed by atoms with van der Waals surface area (Å²) in [6.07, 6.45) is 1.51. The van der Waals surface area contributed by atoms with Crippen molar-refractivity contribution in [2.45, 2.75) is 0 Å². The van der Waals surface area contributed by atoms with Crippen molar-refractivity contribution >= 4 is 23.4 Å². The lowest BCUT2D eigenvalue weighted by atomic mass is 10.2. The summed E-state index contributed by atoms with van der Waals surface area (Å²) in [5.41, 5.74) is 0.396. The summed E-state index contributed by atoms with van der Waals surface area (Å²) in [4.78, 5) is 24.3. The van der Waals surface area contributed by atoms with E-state index >= 15 is 0 Å². The number of carbonyl (C=O) groups is 1. The highest BCUT2D eigenvalue weighted by atomic mass is 19.1. The molecule has 0 aliphatic heterocycles. The van der Waals surface area contributed by atoms with Gasteiger partial charge in [-0.3, -0.25) is 4.79 Å². The van der Waals surface area contributed by atoms with E-state index in [-0.39, 0.29) is 5.56 Å². The molecule has 2 rings (SSSR count). The second-order valence-electron chi connectivity index (χ2n) is 5.13. The molecule has 0 radical (unpaired) electrons. The molecule has 1 aromatic heterocycles. The molecule has 6 nitrogen and oxygen atoms in total. The number of hydrogen-bond acceptors (Lipinski definition) is 5. The Balaban J connectivity index is 2.33. The van der Waals surface area contributed by atoms with E-state index in [0.717, 1.165) is 0 Å². The number of nitrogens with one attached hydrogen (secondary N) is 1. The van der Waals surface area contributed by atoms with Gasteiger partial charge in [-0.2, -0.15) is 4.98 Å². The van der Waals surface area contributed by atoms with Crippen LogP contribution in [0.25, 0.3) is 0 Å². The molecule has 1 amide bonds. The van der Waals surface area contributed by atoms with E-state index in [1.54, 1.807) is 30.0 Å². The van der Waals surface area contributed by atoms with Crippen LogP contribution in [0.2, 0.25) is 0 Å². The fourth-order valence-corrected chi connectivity index (χ4v) is 1.84. The fraction of sp³-hybridized carbons (Fsp3) is 0.267.